The quantitative estimate of drug-likeness (QED) is 0.921. The van der Waals surface area contributed by atoms with Crippen LogP contribution >= 0.6 is 22.9 Å². The van der Waals surface area contributed by atoms with E-state index < -0.39 is 6.04 Å². The minimum absolute atomic E-state index is 0.0869. The van der Waals surface area contributed by atoms with Crippen LogP contribution < -0.4 is 5.32 Å². The van der Waals surface area contributed by atoms with E-state index in [-0.39, 0.29) is 24.0 Å². The van der Waals surface area contributed by atoms with Crippen molar-refractivity contribution in [3.05, 3.63) is 21.3 Å². The van der Waals surface area contributed by atoms with Crippen LogP contribution in [0.4, 0.5) is 0 Å². The molecule has 5 nitrogen and oxygen atoms in total. The summed E-state index contributed by atoms with van der Waals surface area (Å²) < 4.78 is 5.97. The summed E-state index contributed by atoms with van der Waals surface area (Å²) in [7, 11) is 1.60. The molecule has 0 saturated carbocycles. The number of thiophene rings is 1. The molecule has 0 bridgehead atoms. The van der Waals surface area contributed by atoms with Crippen molar-refractivity contribution in [2.45, 2.75) is 38.5 Å². The standard InChI is InChI=1S/C14H19ClN2O3S/c1-8(12-4-5-13(15)21-12)16-14(19)11-6-10(20-3)7-17(11)9(2)18/h4-5,8,10-11H,6-7H2,1-3H3,(H,16,19)/t8-,10+,11-/m1/s1. The van der Waals surface area contributed by atoms with Gasteiger partial charge in [-0.3, -0.25) is 9.59 Å². The smallest absolute Gasteiger partial charge is 0.243 e. The number of likely N-dealkylation sites (tertiary alicyclic amines) is 1. The molecule has 2 amide bonds. The molecule has 1 saturated heterocycles. The Kier molecular flexibility index (Phi) is 5.24. The molecule has 1 aromatic heterocycles. The van der Waals surface area contributed by atoms with Crippen LogP contribution in [-0.4, -0.2) is 42.5 Å². The lowest BCUT2D eigenvalue weighted by Gasteiger charge is -2.23. The third kappa shape index (κ3) is 3.75. The van der Waals surface area contributed by atoms with E-state index in [1.54, 1.807) is 12.0 Å². The SMILES string of the molecule is CO[C@H]1C[C@H](C(=O)N[C@H](C)c2ccc(Cl)s2)N(C(C)=O)C1. The molecule has 7 heteroatoms. The molecule has 1 N–H and O–H groups in total. The van der Waals surface area contributed by atoms with Gasteiger partial charge < -0.3 is 15.0 Å². The van der Waals surface area contributed by atoms with Crippen LogP contribution in [0.25, 0.3) is 0 Å². The number of rotatable bonds is 4. The van der Waals surface area contributed by atoms with Crippen molar-refractivity contribution in [1.82, 2.24) is 10.2 Å². The van der Waals surface area contributed by atoms with Gasteiger partial charge in [-0.15, -0.1) is 11.3 Å². The first-order valence-corrected chi connectivity index (χ1v) is 7.97. The molecule has 0 spiro atoms. The van der Waals surface area contributed by atoms with Crippen molar-refractivity contribution in [2.24, 2.45) is 0 Å². The number of hydrogen-bond acceptors (Lipinski definition) is 4. The topological polar surface area (TPSA) is 58.6 Å². The summed E-state index contributed by atoms with van der Waals surface area (Å²) in [5.74, 6) is -0.261. The fourth-order valence-corrected chi connectivity index (χ4v) is 3.57. The zero-order chi connectivity index (χ0) is 15.6. The lowest BCUT2D eigenvalue weighted by atomic mass is 10.1. The molecule has 2 rings (SSSR count). The molecular weight excluding hydrogens is 312 g/mol. The second-order valence-corrected chi connectivity index (χ2v) is 6.90. The lowest BCUT2D eigenvalue weighted by molar-refractivity contribution is -0.137. The number of nitrogens with one attached hydrogen (secondary N) is 1. The minimum Gasteiger partial charge on any atom is -0.380 e. The molecule has 1 aliphatic rings. The first-order chi connectivity index (χ1) is 9.92. The van der Waals surface area contributed by atoms with E-state index in [9.17, 15) is 9.59 Å². The van der Waals surface area contributed by atoms with Gasteiger partial charge in [-0.05, 0) is 19.1 Å². The average molecular weight is 331 g/mol. The Morgan fingerprint density at radius 1 is 1.52 bits per heavy atom. The number of carbonyl (C=O) groups excluding carboxylic acids is 2. The van der Waals surface area contributed by atoms with Crippen LogP contribution in [0.5, 0.6) is 0 Å². The molecule has 0 aromatic carbocycles. The summed E-state index contributed by atoms with van der Waals surface area (Å²) in [6.45, 7) is 3.84. The maximum absolute atomic E-state index is 12.4. The van der Waals surface area contributed by atoms with Crippen LogP contribution in [0.15, 0.2) is 12.1 Å². The van der Waals surface area contributed by atoms with Crippen molar-refractivity contribution >= 4 is 34.8 Å². The second-order valence-electron chi connectivity index (χ2n) is 5.15. The van der Waals surface area contributed by atoms with E-state index in [2.05, 4.69) is 5.32 Å². The number of halogens is 1. The van der Waals surface area contributed by atoms with Crippen molar-refractivity contribution < 1.29 is 14.3 Å². The molecule has 0 radical (unpaired) electrons. The zero-order valence-electron chi connectivity index (χ0n) is 12.3. The van der Waals surface area contributed by atoms with Crippen LogP contribution in [0.1, 0.15) is 31.2 Å². The first-order valence-electron chi connectivity index (χ1n) is 6.78. The fraction of sp³-hybridized carbons (Fsp3) is 0.571. The summed E-state index contributed by atoms with van der Waals surface area (Å²) in [6.07, 6.45) is 0.441. The van der Waals surface area contributed by atoms with E-state index in [4.69, 9.17) is 16.3 Å². The van der Waals surface area contributed by atoms with Gasteiger partial charge in [-0.25, -0.2) is 0 Å². The van der Waals surface area contributed by atoms with E-state index >= 15 is 0 Å². The number of methoxy groups -OCH3 is 1. The van der Waals surface area contributed by atoms with Crippen molar-refractivity contribution in [3.63, 3.8) is 0 Å². The molecule has 21 heavy (non-hydrogen) atoms. The second kappa shape index (κ2) is 6.77. The van der Waals surface area contributed by atoms with E-state index in [0.29, 0.717) is 17.3 Å². The Morgan fingerprint density at radius 3 is 2.76 bits per heavy atom. The third-order valence-corrected chi connectivity index (χ3v) is 5.10. The van der Waals surface area contributed by atoms with E-state index in [0.717, 1.165) is 4.88 Å². The summed E-state index contributed by atoms with van der Waals surface area (Å²) in [6, 6.07) is 3.10. The maximum atomic E-state index is 12.4. The van der Waals surface area contributed by atoms with Gasteiger partial charge in [0.1, 0.15) is 6.04 Å². The van der Waals surface area contributed by atoms with Gasteiger partial charge in [0.15, 0.2) is 0 Å². The Morgan fingerprint density at radius 2 is 2.24 bits per heavy atom. The normalized spacial score (nSPS) is 23.1. The van der Waals surface area contributed by atoms with Crippen molar-refractivity contribution in [2.75, 3.05) is 13.7 Å². The monoisotopic (exact) mass is 330 g/mol. The number of amides is 2. The van der Waals surface area contributed by atoms with Crippen LogP contribution in [0.3, 0.4) is 0 Å². The minimum atomic E-state index is -0.467. The molecule has 3 atom stereocenters. The van der Waals surface area contributed by atoms with Gasteiger partial charge in [-0.1, -0.05) is 11.6 Å². The van der Waals surface area contributed by atoms with Crippen molar-refractivity contribution in [3.8, 4) is 0 Å². The Hall–Kier alpha value is -1.11. The molecule has 116 valence electrons. The zero-order valence-corrected chi connectivity index (χ0v) is 13.8. The molecule has 1 aliphatic heterocycles. The lowest BCUT2D eigenvalue weighted by Crippen LogP contribution is -2.45. The third-order valence-electron chi connectivity index (χ3n) is 3.68. The summed E-state index contributed by atoms with van der Waals surface area (Å²) >= 11 is 7.35. The average Bonchev–Trinajstić information content (AvgIpc) is 3.04. The number of nitrogens with zero attached hydrogens (tertiary/aromatic N) is 1. The van der Waals surface area contributed by atoms with E-state index in [1.165, 1.54) is 18.3 Å². The summed E-state index contributed by atoms with van der Waals surface area (Å²) in [4.78, 5) is 26.6. The molecule has 1 fully saturated rings. The van der Waals surface area contributed by atoms with Gasteiger partial charge in [-0.2, -0.15) is 0 Å². The highest BCUT2D eigenvalue weighted by molar-refractivity contribution is 7.16. The fourth-order valence-electron chi connectivity index (χ4n) is 2.51. The van der Waals surface area contributed by atoms with Crippen LogP contribution in [0, 0.1) is 0 Å². The first kappa shape index (κ1) is 16.3. The number of ether oxygens (including phenoxy) is 1. The summed E-state index contributed by atoms with van der Waals surface area (Å²) in [5.41, 5.74) is 0. The summed E-state index contributed by atoms with van der Waals surface area (Å²) in [5, 5.41) is 2.94. The Bertz CT molecular complexity index is 534. The van der Waals surface area contributed by atoms with Gasteiger partial charge in [0.05, 0.1) is 16.5 Å². The highest BCUT2D eigenvalue weighted by atomic mass is 35.5. The highest BCUT2D eigenvalue weighted by Crippen LogP contribution is 2.27. The number of hydrogen-bond donors (Lipinski definition) is 1. The molecule has 1 aromatic rings. The predicted octanol–water partition coefficient (Wildman–Crippen LogP) is 2.21. The van der Waals surface area contributed by atoms with Gasteiger partial charge in [0.2, 0.25) is 11.8 Å². The largest absolute Gasteiger partial charge is 0.380 e. The Balaban J connectivity index is 2.03. The van der Waals surface area contributed by atoms with E-state index in [1.807, 2.05) is 19.1 Å². The van der Waals surface area contributed by atoms with Crippen molar-refractivity contribution in [1.29, 1.82) is 0 Å². The molecule has 0 aliphatic carbocycles. The Labute approximate surface area is 133 Å². The van der Waals surface area contributed by atoms with Crippen LogP contribution in [0.2, 0.25) is 4.34 Å². The maximum Gasteiger partial charge on any atom is 0.243 e. The molecular formula is C14H19ClN2O3S. The highest BCUT2D eigenvalue weighted by Gasteiger charge is 2.38. The van der Waals surface area contributed by atoms with Gasteiger partial charge in [0.25, 0.3) is 0 Å². The van der Waals surface area contributed by atoms with Gasteiger partial charge >= 0.3 is 0 Å². The predicted molar refractivity (Wildman–Crippen MR) is 82.5 cm³/mol. The van der Waals surface area contributed by atoms with Gasteiger partial charge in [0, 0.05) is 31.9 Å². The number of carbonyl (C=O) groups is 2. The molecule has 0 unspecified atom stereocenters. The van der Waals surface area contributed by atoms with Crippen LogP contribution in [-0.2, 0) is 14.3 Å². The molecule has 2 heterocycles.